The van der Waals surface area contributed by atoms with Crippen molar-refractivity contribution in [3.63, 3.8) is 0 Å². The summed E-state index contributed by atoms with van der Waals surface area (Å²) in [6, 6.07) is 0. The zero-order valence-corrected chi connectivity index (χ0v) is 9.94. The van der Waals surface area contributed by atoms with Gasteiger partial charge < -0.3 is 9.80 Å². The number of H-pyrrole nitrogens is 1. The summed E-state index contributed by atoms with van der Waals surface area (Å²) < 4.78 is 0. The van der Waals surface area contributed by atoms with Gasteiger partial charge >= 0.3 is 0 Å². The average Bonchev–Trinajstić information content (AvgIpc) is 2.86. The van der Waals surface area contributed by atoms with Gasteiger partial charge in [0.15, 0.2) is 0 Å². The van der Waals surface area contributed by atoms with Crippen molar-refractivity contribution in [2.45, 2.75) is 6.42 Å². The lowest BCUT2D eigenvalue weighted by Crippen LogP contribution is -2.20. The van der Waals surface area contributed by atoms with Gasteiger partial charge in [-0.2, -0.15) is 4.98 Å². The molecule has 2 rings (SSSR count). The van der Waals surface area contributed by atoms with Crippen LogP contribution in [0.3, 0.4) is 0 Å². The molecule has 0 bridgehead atoms. The molecule has 0 spiro atoms. The standard InChI is InChI=1S/C11H17N5/c1-15(2)10-12-11(14-13-10)16(3)8-9-6-4-5-7-9/h4,6-7H,5,8H2,1-3H3,(H,12,13,14). The second-order valence-corrected chi connectivity index (χ2v) is 4.13. The molecule has 0 saturated carbocycles. The highest BCUT2D eigenvalue weighted by molar-refractivity contribution is 5.40. The molecule has 0 atom stereocenters. The van der Waals surface area contributed by atoms with Crippen LogP contribution in [0.2, 0.25) is 0 Å². The third-order valence-corrected chi connectivity index (χ3v) is 2.49. The molecule has 1 aliphatic rings. The lowest BCUT2D eigenvalue weighted by atomic mass is 10.3. The number of hydrogen-bond acceptors (Lipinski definition) is 4. The fourth-order valence-electron chi connectivity index (χ4n) is 1.59. The first-order valence-corrected chi connectivity index (χ1v) is 5.33. The van der Waals surface area contributed by atoms with E-state index in [0.717, 1.165) is 18.9 Å². The van der Waals surface area contributed by atoms with E-state index < -0.39 is 0 Å². The first-order chi connectivity index (χ1) is 7.66. The topological polar surface area (TPSA) is 48.1 Å². The number of rotatable bonds is 4. The van der Waals surface area contributed by atoms with Crippen LogP contribution in [0.5, 0.6) is 0 Å². The summed E-state index contributed by atoms with van der Waals surface area (Å²) in [4.78, 5) is 8.32. The molecule has 0 saturated heterocycles. The van der Waals surface area contributed by atoms with Gasteiger partial charge in [-0.3, -0.25) is 0 Å². The minimum Gasteiger partial charge on any atom is -0.346 e. The second-order valence-electron chi connectivity index (χ2n) is 4.13. The van der Waals surface area contributed by atoms with Crippen molar-refractivity contribution in [2.24, 2.45) is 0 Å². The van der Waals surface area contributed by atoms with Gasteiger partial charge in [0.1, 0.15) is 0 Å². The summed E-state index contributed by atoms with van der Waals surface area (Å²) in [5, 5.41) is 7.05. The lowest BCUT2D eigenvalue weighted by Gasteiger charge is -2.15. The normalized spacial score (nSPS) is 14.1. The van der Waals surface area contributed by atoms with Crippen LogP contribution in [0.4, 0.5) is 11.9 Å². The fraction of sp³-hybridized carbons (Fsp3) is 0.455. The van der Waals surface area contributed by atoms with Gasteiger partial charge in [0, 0.05) is 27.7 Å². The Bertz CT molecular complexity index is 416. The number of aromatic nitrogens is 3. The number of hydrogen-bond donors (Lipinski definition) is 1. The number of allylic oxidation sites excluding steroid dienone is 2. The molecule has 5 heteroatoms. The molecule has 1 aromatic heterocycles. The molecule has 1 heterocycles. The predicted octanol–water partition coefficient (Wildman–Crippen LogP) is 1.19. The SMILES string of the molecule is CN(C)c1n[nH]c(N(C)CC2=CCC=C2)n1. The highest BCUT2D eigenvalue weighted by Crippen LogP contribution is 2.14. The zero-order chi connectivity index (χ0) is 11.5. The monoisotopic (exact) mass is 219 g/mol. The van der Waals surface area contributed by atoms with E-state index in [-0.39, 0.29) is 0 Å². The number of likely N-dealkylation sites (N-methyl/N-ethyl adjacent to an activating group) is 1. The maximum atomic E-state index is 4.39. The van der Waals surface area contributed by atoms with Crippen molar-refractivity contribution < 1.29 is 0 Å². The Morgan fingerprint density at radius 2 is 2.19 bits per heavy atom. The predicted molar refractivity (Wildman–Crippen MR) is 65.8 cm³/mol. The van der Waals surface area contributed by atoms with Crippen molar-refractivity contribution >= 4 is 11.9 Å². The molecule has 1 aromatic rings. The van der Waals surface area contributed by atoms with Crippen LogP contribution in [0.15, 0.2) is 23.8 Å². The summed E-state index contributed by atoms with van der Waals surface area (Å²) in [5.74, 6) is 1.50. The molecule has 5 nitrogen and oxygen atoms in total. The minimum absolute atomic E-state index is 0.706. The Kier molecular flexibility index (Phi) is 2.94. The molecule has 0 amide bonds. The Labute approximate surface area is 95.5 Å². The summed E-state index contributed by atoms with van der Waals surface area (Å²) >= 11 is 0. The van der Waals surface area contributed by atoms with Crippen LogP contribution >= 0.6 is 0 Å². The molecule has 0 aliphatic heterocycles. The Morgan fingerprint density at radius 3 is 2.75 bits per heavy atom. The molecule has 1 aliphatic carbocycles. The molecule has 0 aromatic carbocycles. The van der Waals surface area contributed by atoms with Gasteiger partial charge in [0.2, 0.25) is 11.9 Å². The van der Waals surface area contributed by atoms with E-state index in [2.05, 4.69) is 38.3 Å². The first kappa shape index (κ1) is 10.7. The number of aromatic amines is 1. The smallest absolute Gasteiger partial charge is 0.245 e. The average molecular weight is 219 g/mol. The van der Waals surface area contributed by atoms with Crippen LogP contribution in [0.1, 0.15) is 6.42 Å². The van der Waals surface area contributed by atoms with Crippen molar-refractivity contribution in [3.05, 3.63) is 23.8 Å². The largest absolute Gasteiger partial charge is 0.346 e. The van der Waals surface area contributed by atoms with E-state index in [9.17, 15) is 0 Å². The summed E-state index contributed by atoms with van der Waals surface area (Å²) in [5.41, 5.74) is 1.32. The van der Waals surface area contributed by atoms with Crippen LogP contribution in [0.25, 0.3) is 0 Å². The Hall–Kier alpha value is -1.78. The summed E-state index contributed by atoms with van der Waals surface area (Å²) in [6.07, 6.45) is 7.58. The quantitative estimate of drug-likeness (QED) is 0.826. The van der Waals surface area contributed by atoms with E-state index in [1.807, 2.05) is 26.0 Å². The van der Waals surface area contributed by atoms with Crippen molar-refractivity contribution in [3.8, 4) is 0 Å². The second kappa shape index (κ2) is 4.38. The maximum Gasteiger partial charge on any atom is 0.245 e. The highest BCUT2D eigenvalue weighted by Gasteiger charge is 2.10. The fourth-order valence-corrected chi connectivity index (χ4v) is 1.59. The molecule has 16 heavy (non-hydrogen) atoms. The number of anilines is 2. The van der Waals surface area contributed by atoms with Crippen LogP contribution < -0.4 is 9.80 Å². The highest BCUT2D eigenvalue weighted by atomic mass is 15.4. The number of nitrogens with zero attached hydrogens (tertiary/aromatic N) is 4. The van der Waals surface area contributed by atoms with Crippen LogP contribution in [0, 0.1) is 0 Å². The zero-order valence-electron chi connectivity index (χ0n) is 9.94. The number of nitrogens with one attached hydrogen (secondary N) is 1. The van der Waals surface area contributed by atoms with Gasteiger partial charge in [-0.25, -0.2) is 5.10 Å². The van der Waals surface area contributed by atoms with Crippen molar-refractivity contribution in [1.29, 1.82) is 0 Å². The minimum atomic E-state index is 0.706. The Morgan fingerprint density at radius 1 is 1.38 bits per heavy atom. The molecule has 86 valence electrons. The van der Waals surface area contributed by atoms with Crippen LogP contribution in [-0.4, -0.2) is 42.9 Å². The van der Waals surface area contributed by atoms with E-state index in [1.165, 1.54) is 5.57 Å². The molecule has 0 radical (unpaired) electrons. The lowest BCUT2D eigenvalue weighted by molar-refractivity contribution is 0.929. The summed E-state index contributed by atoms with van der Waals surface area (Å²) in [6.45, 7) is 0.860. The molecule has 1 N–H and O–H groups in total. The third kappa shape index (κ3) is 2.24. The van der Waals surface area contributed by atoms with E-state index in [1.54, 1.807) is 0 Å². The van der Waals surface area contributed by atoms with Crippen molar-refractivity contribution in [2.75, 3.05) is 37.5 Å². The van der Waals surface area contributed by atoms with E-state index >= 15 is 0 Å². The maximum absolute atomic E-state index is 4.39. The van der Waals surface area contributed by atoms with Gasteiger partial charge in [-0.05, 0) is 12.0 Å². The summed E-state index contributed by atoms with van der Waals surface area (Å²) in [7, 11) is 5.86. The molecule has 0 unspecified atom stereocenters. The van der Waals surface area contributed by atoms with E-state index in [4.69, 9.17) is 0 Å². The van der Waals surface area contributed by atoms with Gasteiger partial charge in [-0.1, -0.05) is 18.2 Å². The van der Waals surface area contributed by atoms with Gasteiger partial charge in [0.25, 0.3) is 0 Å². The van der Waals surface area contributed by atoms with Crippen LogP contribution in [-0.2, 0) is 0 Å². The van der Waals surface area contributed by atoms with Gasteiger partial charge in [0.05, 0.1) is 0 Å². The third-order valence-electron chi connectivity index (χ3n) is 2.49. The van der Waals surface area contributed by atoms with Gasteiger partial charge in [-0.15, -0.1) is 5.10 Å². The molecular weight excluding hydrogens is 202 g/mol. The van der Waals surface area contributed by atoms with Crippen molar-refractivity contribution in [1.82, 2.24) is 15.2 Å². The first-order valence-electron chi connectivity index (χ1n) is 5.33. The Balaban J connectivity index is 2.02. The molecular formula is C11H17N5. The van der Waals surface area contributed by atoms with E-state index in [0.29, 0.717) is 5.95 Å². The molecule has 0 fully saturated rings.